The van der Waals surface area contributed by atoms with E-state index in [1.54, 1.807) is 24.3 Å². The molecular weight excluding hydrogens is 502 g/mol. The van der Waals surface area contributed by atoms with E-state index in [1.807, 2.05) is 0 Å². The van der Waals surface area contributed by atoms with Gasteiger partial charge in [0, 0.05) is 9.65 Å². The highest BCUT2D eigenvalue weighted by atomic mass is 79.9. The zero-order valence-corrected chi connectivity index (χ0v) is 19.1. The Balaban J connectivity index is 1.38. The summed E-state index contributed by atoms with van der Waals surface area (Å²) in [4.78, 5) is 40.7. The lowest BCUT2D eigenvalue weighted by molar-refractivity contribution is -0.123. The van der Waals surface area contributed by atoms with Gasteiger partial charge in [0.2, 0.25) is 11.8 Å². The number of anilines is 1. The molecule has 2 amide bonds. The molecule has 29 heavy (non-hydrogen) atoms. The van der Waals surface area contributed by atoms with E-state index in [0.717, 1.165) is 32.1 Å². The van der Waals surface area contributed by atoms with Crippen LogP contribution in [0.15, 0.2) is 24.3 Å². The molecule has 7 heteroatoms. The molecule has 4 fully saturated rings. The Morgan fingerprint density at radius 3 is 2.21 bits per heavy atom. The molecule has 6 atom stereocenters. The lowest BCUT2D eigenvalue weighted by atomic mass is 9.81. The Bertz CT molecular complexity index is 836. The predicted octanol–water partition coefficient (Wildman–Crippen LogP) is 4.46. The summed E-state index contributed by atoms with van der Waals surface area (Å²) in [6, 6.07) is 6.76. The number of nitrogens with zero attached hydrogens (tertiary/aromatic N) is 1. The number of hydrogen-bond acceptors (Lipinski definition) is 4. The number of carbonyl (C=O) groups is 3. The largest absolute Gasteiger partial charge is 0.459 e. The van der Waals surface area contributed by atoms with Crippen molar-refractivity contribution in [3.63, 3.8) is 0 Å². The number of benzene rings is 1. The molecule has 1 aromatic rings. The maximum absolute atomic E-state index is 13.2. The van der Waals surface area contributed by atoms with Gasteiger partial charge in [-0.05, 0) is 62.1 Å². The van der Waals surface area contributed by atoms with Crippen LogP contribution in [0.5, 0.6) is 0 Å². The first-order valence-corrected chi connectivity index (χ1v) is 12.3. The predicted molar refractivity (Wildman–Crippen MR) is 115 cm³/mol. The molecule has 3 aliphatic carbocycles. The molecule has 3 saturated carbocycles. The molecule has 0 spiro atoms. The Labute approximate surface area is 186 Å². The first kappa shape index (κ1) is 19.7. The van der Waals surface area contributed by atoms with E-state index in [2.05, 4.69) is 31.9 Å². The molecule has 154 valence electrons. The quantitative estimate of drug-likeness (QED) is 0.333. The molecule has 0 aromatic heterocycles. The average Bonchev–Trinajstić information content (AvgIpc) is 3.33. The van der Waals surface area contributed by atoms with Crippen LogP contribution in [-0.4, -0.2) is 33.5 Å². The van der Waals surface area contributed by atoms with Gasteiger partial charge in [-0.25, -0.2) is 4.79 Å². The second-order valence-corrected chi connectivity index (χ2v) is 10.8. The van der Waals surface area contributed by atoms with E-state index < -0.39 is 0 Å². The van der Waals surface area contributed by atoms with E-state index in [0.29, 0.717) is 11.3 Å². The van der Waals surface area contributed by atoms with Crippen LogP contribution in [0.4, 0.5) is 5.69 Å². The fourth-order valence-corrected chi connectivity index (χ4v) is 7.65. The van der Waals surface area contributed by atoms with Crippen molar-refractivity contribution >= 4 is 55.3 Å². The lowest BCUT2D eigenvalue weighted by Gasteiger charge is -2.28. The van der Waals surface area contributed by atoms with Gasteiger partial charge in [-0.1, -0.05) is 44.3 Å². The van der Waals surface area contributed by atoms with Crippen molar-refractivity contribution in [1.29, 1.82) is 0 Å². The van der Waals surface area contributed by atoms with E-state index >= 15 is 0 Å². The highest BCUT2D eigenvalue weighted by molar-refractivity contribution is 9.12. The molecule has 0 N–H and O–H groups in total. The topological polar surface area (TPSA) is 63.7 Å². The van der Waals surface area contributed by atoms with Gasteiger partial charge in [0.25, 0.3) is 0 Å². The minimum atomic E-state index is -0.376. The van der Waals surface area contributed by atoms with Crippen LogP contribution in [-0.2, 0) is 14.3 Å². The SMILES string of the molecule is O=C(OC1CCCCC1)c1cccc(N2C(=O)[C@H]3[C@@H]4C[C@H]([C@@H](Br)[C@H]4Br)[C@@H]3C2=O)c1. The first-order valence-electron chi connectivity index (χ1n) is 10.4. The number of amides is 2. The molecule has 0 radical (unpaired) electrons. The zero-order valence-electron chi connectivity index (χ0n) is 15.9. The van der Waals surface area contributed by atoms with Crippen LogP contribution in [0.3, 0.4) is 0 Å². The number of carbonyl (C=O) groups excluding carboxylic acids is 3. The van der Waals surface area contributed by atoms with Gasteiger partial charge in [0.05, 0.1) is 23.1 Å². The van der Waals surface area contributed by atoms with Gasteiger partial charge in [-0.15, -0.1) is 0 Å². The number of hydrogen-bond donors (Lipinski definition) is 0. The second kappa shape index (κ2) is 7.49. The average molecular weight is 525 g/mol. The Morgan fingerprint density at radius 1 is 0.966 bits per heavy atom. The van der Waals surface area contributed by atoms with Crippen molar-refractivity contribution in [1.82, 2.24) is 0 Å². The maximum Gasteiger partial charge on any atom is 0.338 e. The number of rotatable bonds is 3. The summed E-state index contributed by atoms with van der Waals surface area (Å²) >= 11 is 7.42. The third kappa shape index (κ3) is 3.11. The normalized spacial score (nSPS) is 36.6. The number of fused-ring (bicyclic) bond motifs is 5. The first-order chi connectivity index (χ1) is 14.0. The summed E-state index contributed by atoms with van der Waals surface area (Å²) in [5.41, 5.74) is 0.870. The lowest BCUT2D eigenvalue weighted by Crippen LogP contribution is -2.37. The smallest absolute Gasteiger partial charge is 0.338 e. The number of alkyl halides is 2. The van der Waals surface area contributed by atoms with Crippen LogP contribution in [0.1, 0.15) is 48.9 Å². The van der Waals surface area contributed by atoms with Gasteiger partial charge in [0.15, 0.2) is 0 Å². The van der Waals surface area contributed by atoms with Crippen molar-refractivity contribution < 1.29 is 19.1 Å². The molecule has 5 rings (SSSR count). The van der Waals surface area contributed by atoms with Crippen molar-refractivity contribution in [3.05, 3.63) is 29.8 Å². The van der Waals surface area contributed by atoms with E-state index in [-0.39, 0.29) is 57.2 Å². The molecule has 0 unspecified atom stereocenters. The summed E-state index contributed by atoms with van der Waals surface area (Å²) in [5.74, 6) is -0.806. The molecule has 1 saturated heterocycles. The molecule has 1 heterocycles. The summed E-state index contributed by atoms with van der Waals surface area (Å²) in [7, 11) is 0. The van der Waals surface area contributed by atoms with Crippen LogP contribution in [0, 0.1) is 23.7 Å². The fourth-order valence-electron chi connectivity index (χ4n) is 5.78. The highest BCUT2D eigenvalue weighted by Gasteiger charge is 2.66. The van der Waals surface area contributed by atoms with Gasteiger partial charge in [-0.3, -0.25) is 14.5 Å². The van der Waals surface area contributed by atoms with Crippen LogP contribution in [0.2, 0.25) is 0 Å². The van der Waals surface area contributed by atoms with Gasteiger partial charge >= 0.3 is 5.97 Å². The van der Waals surface area contributed by atoms with Crippen molar-refractivity contribution in [2.45, 2.75) is 54.3 Å². The van der Waals surface area contributed by atoms with Crippen LogP contribution in [0.25, 0.3) is 0 Å². The van der Waals surface area contributed by atoms with Crippen molar-refractivity contribution in [2.24, 2.45) is 23.7 Å². The third-order valence-electron chi connectivity index (χ3n) is 7.15. The number of esters is 1. The number of imide groups is 1. The van der Waals surface area contributed by atoms with Crippen LogP contribution < -0.4 is 4.90 Å². The highest BCUT2D eigenvalue weighted by Crippen LogP contribution is 2.60. The van der Waals surface area contributed by atoms with Crippen LogP contribution >= 0.6 is 31.9 Å². The maximum atomic E-state index is 13.2. The van der Waals surface area contributed by atoms with E-state index in [4.69, 9.17) is 4.74 Å². The van der Waals surface area contributed by atoms with Gasteiger partial charge in [-0.2, -0.15) is 0 Å². The summed E-state index contributed by atoms with van der Waals surface area (Å²) in [5, 5.41) is 0. The van der Waals surface area contributed by atoms with Gasteiger partial charge < -0.3 is 4.74 Å². The molecular formula is C22H23Br2NO4. The Kier molecular flexibility index (Phi) is 5.09. The summed E-state index contributed by atoms with van der Waals surface area (Å²) in [6.45, 7) is 0. The molecule has 4 aliphatic rings. The van der Waals surface area contributed by atoms with Gasteiger partial charge in [0.1, 0.15) is 6.10 Å². The third-order valence-corrected chi connectivity index (χ3v) is 10.4. The zero-order chi connectivity index (χ0) is 20.3. The number of ether oxygens (including phenoxy) is 1. The van der Waals surface area contributed by atoms with E-state index in [1.165, 1.54) is 11.3 Å². The molecule has 5 nitrogen and oxygen atoms in total. The Hall–Kier alpha value is -1.21. The summed E-state index contributed by atoms with van der Waals surface area (Å²) in [6.07, 6.45) is 6.05. The molecule has 1 aromatic carbocycles. The standard InChI is InChI=1S/C22H23Br2NO4/c23-18-14-10-15(19(18)24)17-16(14)20(26)25(21(17)27)12-6-4-5-11(9-12)22(28)29-13-7-2-1-3-8-13/h4-6,9,13-19H,1-3,7-8,10H2/t14-,15-,16-,17-,18-,19+/m0/s1. The van der Waals surface area contributed by atoms with E-state index in [9.17, 15) is 14.4 Å². The fraction of sp³-hybridized carbons (Fsp3) is 0.591. The minimum Gasteiger partial charge on any atom is -0.459 e. The van der Waals surface area contributed by atoms with Crippen molar-refractivity contribution in [2.75, 3.05) is 4.90 Å². The van der Waals surface area contributed by atoms with Crippen molar-refractivity contribution in [3.8, 4) is 0 Å². The minimum absolute atomic E-state index is 0.0309. The second-order valence-electron chi connectivity index (χ2n) is 8.73. The Morgan fingerprint density at radius 2 is 1.59 bits per heavy atom. The number of halogens is 2. The monoisotopic (exact) mass is 523 g/mol. The molecule has 1 aliphatic heterocycles. The summed E-state index contributed by atoms with van der Waals surface area (Å²) < 4.78 is 5.66. The molecule has 2 bridgehead atoms.